The molecule has 0 heterocycles. The molecule has 0 bridgehead atoms. The first-order valence-electron chi connectivity index (χ1n) is 4.92. The average molecular weight is 311 g/mol. The van der Waals surface area contributed by atoms with Crippen LogP contribution in [0.25, 0.3) is 0 Å². The third-order valence-corrected chi connectivity index (χ3v) is 2.75. The molecule has 0 saturated carbocycles. The topological polar surface area (TPSA) is 55.5 Å². The van der Waals surface area contributed by atoms with Gasteiger partial charge in [-0.1, -0.05) is 29.3 Å². The molecule has 0 aliphatic heterocycles. The summed E-state index contributed by atoms with van der Waals surface area (Å²) in [4.78, 5) is 0. The minimum absolute atomic E-state index is 0. The number of methoxy groups -OCH3 is 1. The quantitative estimate of drug-likeness (QED) is 0.896. The van der Waals surface area contributed by atoms with Crippen LogP contribution in [0.3, 0.4) is 0 Å². The van der Waals surface area contributed by atoms with Crippen molar-refractivity contribution in [3.63, 3.8) is 0 Å². The fourth-order valence-electron chi connectivity index (χ4n) is 1.50. The maximum atomic E-state index is 9.88. The van der Waals surface area contributed by atoms with Gasteiger partial charge in [0.25, 0.3) is 0 Å². The maximum absolute atomic E-state index is 9.88. The Kier molecular flexibility index (Phi) is 6.79. The van der Waals surface area contributed by atoms with Crippen molar-refractivity contribution in [3.05, 3.63) is 22.2 Å². The molecule has 0 radical (unpaired) electrons. The van der Waals surface area contributed by atoms with E-state index in [4.69, 9.17) is 10.5 Å². The van der Waals surface area contributed by atoms with Gasteiger partial charge in [-0.2, -0.15) is 0 Å². The van der Waals surface area contributed by atoms with Crippen molar-refractivity contribution in [1.82, 2.24) is 0 Å². The van der Waals surface area contributed by atoms with E-state index in [0.717, 1.165) is 22.9 Å². The van der Waals surface area contributed by atoms with Crippen molar-refractivity contribution < 1.29 is 9.84 Å². The summed E-state index contributed by atoms with van der Waals surface area (Å²) in [6, 6.07) is 3.40. The molecule has 0 aliphatic rings. The third kappa shape index (κ3) is 3.54. The van der Waals surface area contributed by atoms with Crippen LogP contribution >= 0.6 is 28.3 Å². The molecule has 1 aromatic rings. The lowest BCUT2D eigenvalue weighted by Gasteiger charge is -2.15. The van der Waals surface area contributed by atoms with E-state index in [1.807, 2.05) is 6.07 Å². The van der Waals surface area contributed by atoms with Gasteiger partial charge in [0.2, 0.25) is 0 Å². The van der Waals surface area contributed by atoms with Gasteiger partial charge in [-0.25, -0.2) is 0 Å². The van der Waals surface area contributed by atoms with Crippen molar-refractivity contribution in [1.29, 1.82) is 0 Å². The first-order valence-corrected chi connectivity index (χ1v) is 5.71. The van der Waals surface area contributed by atoms with Gasteiger partial charge >= 0.3 is 0 Å². The fraction of sp³-hybridized carbons (Fsp3) is 0.455. The lowest BCUT2D eigenvalue weighted by molar-refractivity contribution is 0.367. The van der Waals surface area contributed by atoms with Crippen LogP contribution in [0, 0.1) is 0 Å². The summed E-state index contributed by atoms with van der Waals surface area (Å²) < 4.78 is 5.92. The van der Waals surface area contributed by atoms with Crippen molar-refractivity contribution in [2.75, 3.05) is 7.11 Å². The molecule has 0 spiro atoms. The van der Waals surface area contributed by atoms with Gasteiger partial charge in [0.15, 0.2) is 11.5 Å². The maximum Gasteiger partial charge on any atom is 0.162 e. The molecular weight excluding hydrogens is 293 g/mol. The van der Waals surface area contributed by atoms with Crippen LogP contribution in [0.15, 0.2) is 16.6 Å². The number of aromatic hydroxyl groups is 1. The molecule has 0 unspecified atom stereocenters. The molecule has 92 valence electrons. The zero-order chi connectivity index (χ0) is 11.4. The Labute approximate surface area is 111 Å². The Morgan fingerprint density at radius 1 is 1.50 bits per heavy atom. The summed E-state index contributed by atoms with van der Waals surface area (Å²) in [7, 11) is 1.52. The Morgan fingerprint density at radius 3 is 2.62 bits per heavy atom. The van der Waals surface area contributed by atoms with Gasteiger partial charge in [-0.3, -0.25) is 0 Å². The van der Waals surface area contributed by atoms with E-state index in [1.165, 1.54) is 7.11 Å². The van der Waals surface area contributed by atoms with Crippen LogP contribution in [0.4, 0.5) is 0 Å². The third-order valence-electron chi connectivity index (χ3n) is 2.29. The van der Waals surface area contributed by atoms with E-state index in [-0.39, 0.29) is 24.2 Å². The van der Waals surface area contributed by atoms with Crippen LogP contribution < -0.4 is 10.5 Å². The van der Waals surface area contributed by atoms with Gasteiger partial charge in [0.1, 0.15) is 0 Å². The number of halogens is 2. The lowest BCUT2D eigenvalue weighted by atomic mass is 10.0. The molecule has 1 atom stereocenters. The van der Waals surface area contributed by atoms with Crippen molar-refractivity contribution in [3.8, 4) is 11.5 Å². The normalized spacial score (nSPS) is 11.8. The number of phenols is 1. The summed E-state index contributed by atoms with van der Waals surface area (Å²) in [5.41, 5.74) is 6.69. The predicted octanol–water partition coefficient (Wildman–Crippen LogP) is 3.39. The van der Waals surface area contributed by atoms with E-state index in [1.54, 1.807) is 6.07 Å². The Hall–Kier alpha value is -0.450. The molecule has 0 fully saturated rings. The molecule has 1 rings (SSSR count). The fourth-order valence-corrected chi connectivity index (χ4v) is 1.95. The smallest absolute Gasteiger partial charge is 0.162 e. The molecule has 0 aliphatic carbocycles. The van der Waals surface area contributed by atoms with Crippen molar-refractivity contribution in [2.45, 2.75) is 25.8 Å². The van der Waals surface area contributed by atoms with E-state index >= 15 is 0 Å². The minimum Gasteiger partial charge on any atom is -0.504 e. The number of hydrogen-bond donors (Lipinski definition) is 2. The minimum atomic E-state index is -0.151. The lowest BCUT2D eigenvalue weighted by Crippen LogP contribution is -2.10. The number of ether oxygens (including phenoxy) is 1. The molecule has 3 nitrogen and oxygen atoms in total. The SMILES string of the molecule is CCC[C@@H](N)c1cc(Br)cc(OC)c1O.Cl. The number of phenolic OH excluding ortho intramolecular Hbond substituents is 1. The Bertz CT molecular complexity index is 347. The van der Waals surface area contributed by atoms with Gasteiger partial charge in [-0.05, 0) is 18.6 Å². The van der Waals surface area contributed by atoms with Crippen molar-refractivity contribution in [2.24, 2.45) is 5.73 Å². The van der Waals surface area contributed by atoms with Crippen LogP contribution in [0.2, 0.25) is 0 Å². The monoisotopic (exact) mass is 309 g/mol. The summed E-state index contributed by atoms with van der Waals surface area (Å²) in [5.74, 6) is 0.590. The molecule has 16 heavy (non-hydrogen) atoms. The molecular formula is C11H17BrClNO2. The second-order valence-corrected chi connectivity index (χ2v) is 4.36. The summed E-state index contributed by atoms with van der Waals surface area (Å²) in [6.07, 6.45) is 1.82. The second kappa shape index (κ2) is 6.99. The molecule has 3 N–H and O–H groups in total. The highest BCUT2D eigenvalue weighted by Crippen LogP contribution is 2.37. The summed E-state index contributed by atoms with van der Waals surface area (Å²) in [6.45, 7) is 2.06. The van der Waals surface area contributed by atoms with Gasteiger partial charge in [0, 0.05) is 16.1 Å². The molecule has 0 aromatic heterocycles. The molecule has 0 saturated heterocycles. The zero-order valence-corrected chi connectivity index (χ0v) is 11.8. The zero-order valence-electron chi connectivity index (χ0n) is 9.37. The molecule has 1 aromatic carbocycles. The van der Waals surface area contributed by atoms with Crippen LogP contribution in [0.1, 0.15) is 31.4 Å². The van der Waals surface area contributed by atoms with E-state index in [0.29, 0.717) is 5.75 Å². The highest BCUT2D eigenvalue weighted by atomic mass is 79.9. The van der Waals surface area contributed by atoms with Gasteiger partial charge in [-0.15, -0.1) is 12.4 Å². The summed E-state index contributed by atoms with van der Waals surface area (Å²) >= 11 is 3.36. The van der Waals surface area contributed by atoms with E-state index < -0.39 is 0 Å². The summed E-state index contributed by atoms with van der Waals surface area (Å²) in [5, 5.41) is 9.88. The molecule has 5 heteroatoms. The predicted molar refractivity (Wildman–Crippen MR) is 71.4 cm³/mol. The first-order chi connectivity index (χ1) is 7.10. The number of nitrogens with two attached hydrogens (primary N) is 1. The Balaban J connectivity index is 0.00000225. The van der Waals surface area contributed by atoms with Crippen LogP contribution in [0.5, 0.6) is 11.5 Å². The number of rotatable bonds is 4. The number of benzene rings is 1. The second-order valence-electron chi connectivity index (χ2n) is 3.44. The first kappa shape index (κ1) is 15.6. The molecule has 0 amide bonds. The standard InChI is InChI=1S/C11H16BrNO2.ClH/c1-3-4-9(13)8-5-7(12)6-10(15-2)11(8)14;/h5-6,9,14H,3-4,13H2,1-2H3;1H/t9-;/m1./s1. The average Bonchev–Trinajstić information content (AvgIpc) is 2.21. The van der Waals surface area contributed by atoms with Crippen LogP contribution in [-0.4, -0.2) is 12.2 Å². The Morgan fingerprint density at radius 2 is 2.12 bits per heavy atom. The van der Waals surface area contributed by atoms with Gasteiger partial charge < -0.3 is 15.6 Å². The highest BCUT2D eigenvalue weighted by molar-refractivity contribution is 9.10. The van der Waals surface area contributed by atoms with Gasteiger partial charge in [0.05, 0.1) is 7.11 Å². The number of hydrogen-bond acceptors (Lipinski definition) is 3. The largest absolute Gasteiger partial charge is 0.504 e. The highest BCUT2D eigenvalue weighted by Gasteiger charge is 2.15. The van der Waals surface area contributed by atoms with E-state index in [9.17, 15) is 5.11 Å². The van der Waals surface area contributed by atoms with Crippen molar-refractivity contribution >= 4 is 28.3 Å². The van der Waals surface area contributed by atoms with E-state index in [2.05, 4.69) is 22.9 Å². The van der Waals surface area contributed by atoms with Crippen LogP contribution in [-0.2, 0) is 0 Å².